The highest BCUT2D eigenvalue weighted by Gasteiger charge is 2.20. The molecule has 0 fully saturated rings. The zero-order chi connectivity index (χ0) is 14.4. The number of aliphatic carboxylic acids is 1. The van der Waals surface area contributed by atoms with Crippen molar-refractivity contribution < 1.29 is 19.4 Å². The maximum absolute atomic E-state index is 11.6. The predicted molar refractivity (Wildman–Crippen MR) is 71.4 cm³/mol. The zero-order valence-electron chi connectivity index (χ0n) is 10.7. The summed E-state index contributed by atoms with van der Waals surface area (Å²) >= 11 is 5.78. The molecule has 19 heavy (non-hydrogen) atoms. The van der Waals surface area contributed by atoms with E-state index in [4.69, 9.17) is 21.4 Å². The summed E-state index contributed by atoms with van der Waals surface area (Å²) in [6.45, 7) is 2.98. The molecule has 0 aromatic heterocycles. The van der Waals surface area contributed by atoms with Crippen LogP contribution in [0.2, 0.25) is 5.02 Å². The quantitative estimate of drug-likeness (QED) is 0.837. The normalized spacial score (nSPS) is 13.4. The number of halogens is 1. The van der Waals surface area contributed by atoms with Crippen LogP contribution < -0.4 is 10.1 Å². The van der Waals surface area contributed by atoms with Gasteiger partial charge < -0.3 is 15.2 Å². The van der Waals surface area contributed by atoms with Gasteiger partial charge in [-0.25, -0.2) is 0 Å². The number of hydrogen-bond acceptors (Lipinski definition) is 3. The minimum Gasteiger partial charge on any atom is -0.484 e. The Hall–Kier alpha value is -1.75. The monoisotopic (exact) mass is 285 g/mol. The number of amides is 1. The van der Waals surface area contributed by atoms with Crippen molar-refractivity contribution in [2.75, 3.05) is 6.61 Å². The highest BCUT2D eigenvalue weighted by Crippen LogP contribution is 2.16. The number of carboxylic acids is 1. The van der Waals surface area contributed by atoms with Crippen LogP contribution in [0.4, 0.5) is 0 Å². The molecule has 1 amide bonds. The van der Waals surface area contributed by atoms with E-state index >= 15 is 0 Å². The van der Waals surface area contributed by atoms with Gasteiger partial charge in [-0.1, -0.05) is 17.7 Å². The van der Waals surface area contributed by atoms with Crippen LogP contribution in [0, 0.1) is 5.92 Å². The number of nitrogens with one attached hydrogen (secondary N) is 1. The van der Waals surface area contributed by atoms with Gasteiger partial charge in [0.1, 0.15) is 5.75 Å². The van der Waals surface area contributed by atoms with E-state index in [1.165, 1.54) is 6.92 Å². The number of rotatable bonds is 6. The van der Waals surface area contributed by atoms with Crippen LogP contribution in [0.15, 0.2) is 24.3 Å². The van der Waals surface area contributed by atoms with Gasteiger partial charge in [0.15, 0.2) is 6.61 Å². The lowest BCUT2D eigenvalue weighted by Crippen LogP contribution is -2.42. The molecular weight excluding hydrogens is 270 g/mol. The second-order valence-corrected chi connectivity index (χ2v) is 4.67. The number of hydrogen-bond donors (Lipinski definition) is 2. The van der Waals surface area contributed by atoms with E-state index in [0.29, 0.717) is 10.8 Å². The molecule has 0 aliphatic carbocycles. The Bertz CT molecular complexity index is 464. The van der Waals surface area contributed by atoms with Crippen molar-refractivity contribution >= 4 is 23.5 Å². The molecule has 0 saturated heterocycles. The van der Waals surface area contributed by atoms with Crippen LogP contribution in [-0.2, 0) is 9.59 Å². The summed E-state index contributed by atoms with van der Waals surface area (Å²) in [6, 6.07) is 6.23. The van der Waals surface area contributed by atoms with Crippen LogP contribution in [0.25, 0.3) is 0 Å². The fraction of sp³-hybridized carbons (Fsp3) is 0.385. The Morgan fingerprint density at radius 2 is 2.11 bits per heavy atom. The van der Waals surface area contributed by atoms with Crippen molar-refractivity contribution in [3.63, 3.8) is 0 Å². The third-order valence-corrected chi connectivity index (χ3v) is 2.93. The molecule has 0 saturated carbocycles. The third kappa shape index (κ3) is 5.18. The lowest BCUT2D eigenvalue weighted by molar-refractivity contribution is -0.142. The second kappa shape index (κ2) is 6.99. The second-order valence-electron chi connectivity index (χ2n) is 4.23. The molecule has 6 heteroatoms. The first kappa shape index (κ1) is 15.3. The summed E-state index contributed by atoms with van der Waals surface area (Å²) in [5.74, 6) is -1.50. The average molecular weight is 286 g/mol. The Balaban J connectivity index is 2.42. The molecule has 1 aromatic rings. The Labute approximate surface area is 116 Å². The summed E-state index contributed by atoms with van der Waals surface area (Å²) in [5, 5.41) is 11.9. The van der Waals surface area contributed by atoms with Crippen molar-refractivity contribution in [1.82, 2.24) is 5.32 Å². The van der Waals surface area contributed by atoms with E-state index < -0.39 is 17.9 Å². The predicted octanol–water partition coefficient (Wildman–Crippen LogP) is 1.94. The smallest absolute Gasteiger partial charge is 0.308 e. The lowest BCUT2D eigenvalue weighted by Gasteiger charge is -2.17. The van der Waals surface area contributed by atoms with Crippen LogP contribution in [0.1, 0.15) is 13.8 Å². The summed E-state index contributed by atoms with van der Waals surface area (Å²) in [5.41, 5.74) is 0. The summed E-state index contributed by atoms with van der Waals surface area (Å²) in [4.78, 5) is 22.3. The molecule has 2 unspecified atom stereocenters. The van der Waals surface area contributed by atoms with E-state index in [-0.39, 0.29) is 12.5 Å². The molecule has 5 nitrogen and oxygen atoms in total. The van der Waals surface area contributed by atoms with Gasteiger partial charge >= 0.3 is 5.97 Å². The molecule has 0 aliphatic heterocycles. The number of benzene rings is 1. The van der Waals surface area contributed by atoms with Crippen molar-refractivity contribution in [2.24, 2.45) is 5.92 Å². The van der Waals surface area contributed by atoms with Gasteiger partial charge in [0.05, 0.1) is 5.92 Å². The summed E-state index contributed by atoms with van der Waals surface area (Å²) < 4.78 is 5.25. The first-order chi connectivity index (χ1) is 8.90. The molecule has 1 aromatic carbocycles. The van der Waals surface area contributed by atoms with Gasteiger partial charge in [0.25, 0.3) is 5.91 Å². The maximum atomic E-state index is 11.6. The van der Waals surface area contributed by atoms with Gasteiger partial charge in [-0.3, -0.25) is 9.59 Å². The van der Waals surface area contributed by atoms with Crippen LogP contribution in [0.5, 0.6) is 5.75 Å². The van der Waals surface area contributed by atoms with Gasteiger partial charge in [-0.2, -0.15) is 0 Å². The minimum absolute atomic E-state index is 0.184. The standard InChI is InChI=1S/C13H16ClNO4/c1-8(13(17)18)9(2)15-12(16)7-19-11-5-3-4-10(14)6-11/h3-6,8-9H,7H2,1-2H3,(H,15,16)(H,17,18). The fourth-order valence-corrected chi connectivity index (χ4v) is 1.52. The van der Waals surface area contributed by atoms with Crippen molar-refractivity contribution in [3.05, 3.63) is 29.3 Å². The molecule has 2 atom stereocenters. The van der Waals surface area contributed by atoms with Crippen molar-refractivity contribution in [2.45, 2.75) is 19.9 Å². The largest absolute Gasteiger partial charge is 0.484 e. The molecule has 0 bridgehead atoms. The number of carbonyl (C=O) groups excluding carboxylic acids is 1. The number of carbonyl (C=O) groups is 2. The van der Waals surface area contributed by atoms with E-state index in [2.05, 4.69) is 5.32 Å². The van der Waals surface area contributed by atoms with Crippen LogP contribution in [-0.4, -0.2) is 29.6 Å². The first-order valence-electron chi connectivity index (χ1n) is 5.80. The zero-order valence-corrected chi connectivity index (χ0v) is 11.5. The van der Waals surface area contributed by atoms with Gasteiger partial charge in [0.2, 0.25) is 0 Å². The number of carboxylic acid groups (broad SMARTS) is 1. The third-order valence-electron chi connectivity index (χ3n) is 2.69. The minimum atomic E-state index is -0.955. The Morgan fingerprint density at radius 3 is 2.68 bits per heavy atom. The molecule has 0 aliphatic rings. The Kier molecular flexibility index (Phi) is 5.63. The summed E-state index contributed by atoms with van der Waals surface area (Å²) in [7, 11) is 0. The molecule has 104 valence electrons. The number of ether oxygens (including phenoxy) is 1. The molecule has 0 radical (unpaired) electrons. The Morgan fingerprint density at radius 1 is 1.42 bits per heavy atom. The van der Waals surface area contributed by atoms with Crippen LogP contribution >= 0.6 is 11.6 Å². The van der Waals surface area contributed by atoms with Gasteiger partial charge in [-0.15, -0.1) is 0 Å². The molecular formula is C13H16ClNO4. The molecule has 2 N–H and O–H groups in total. The van der Waals surface area contributed by atoms with Gasteiger partial charge in [0, 0.05) is 11.1 Å². The SMILES string of the molecule is CC(NC(=O)COc1cccc(Cl)c1)C(C)C(=O)O. The highest BCUT2D eigenvalue weighted by molar-refractivity contribution is 6.30. The van der Waals surface area contributed by atoms with E-state index in [9.17, 15) is 9.59 Å². The van der Waals surface area contributed by atoms with Crippen molar-refractivity contribution in [3.8, 4) is 5.75 Å². The average Bonchev–Trinajstić information content (AvgIpc) is 2.35. The van der Waals surface area contributed by atoms with E-state index in [1.807, 2.05) is 0 Å². The fourth-order valence-electron chi connectivity index (χ4n) is 1.34. The lowest BCUT2D eigenvalue weighted by atomic mass is 10.0. The molecule has 0 spiro atoms. The van der Waals surface area contributed by atoms with E-state index in [1.54, 1.807) is 31.2 Å². The first-order valence-corrected chi connectivity index (χ1v) is 6.18. The maximum Gasteiger partial charge on any atom is 0.308 e. The summed E-state index contributed by atoms with van der Waals surface area (Å²) in [6.07, 6.45) is 0. The topological polar surface area (TPSA) is 75.6 Å². The van der Waals surface area contributed by atoms with Crippen molar-refractivity contribution in [1.29, 1.82) is 0 Å². The highest BCUT2D eigenvalue weighted by atomic mass is 35.5. The van der Waals surface area contributed by atoms with E-state index in [0.717, 1.165) is 0 Å². The van der Waals surface area contributed by atoms with Crippen LogP contribution in [0.3, 0.4) is 0 Å². The van der Waals surface area contributed by atoms with Gasteiger partial charge in [-0.05, 0) is 32.0 Å². The molecule has 1 rings (SSSR count). The molecule has 0 heterocycles.